The average Bonchev–Trinajstić information content (AvgIpc) is 2.27. The Balaban J connectivity index is 2.51. The van der Waals surface area contributed by atoms with Crippen molar-refractivity contribution in [3.8, 4) is 0 Å². The van der Waals surface area contributed by atoms with Gasteiger partial charge in [0.2, 0.25) is 5.69 Å². The Morgan fingerprint density at radius 3 is 2.79 bits per heavy atom. The predicted molar refractivity (Wildman–Crippen MR) is 58.9 cm³/mol. The summed E-state index contributed by atoms with van der Waals surface area (Å²) < 4.78 is 6.19. The van der Waals surface area contributed by atoms with Crippen molar-refractivity contribution in [3.05, 3.63) is 22.2 Å². The summed E-state index contributed by atoms with van der Waals surface area (Å²) in [7, 11) is 0. The van der Waals surface area contributed by atoms with Gasteiger partial charge in [0.1, 0.15) is 5.76 Å². The number of aromatic nitrogens is 1. The molecular formula is C6H10NO4PS2. The topological polar surface area (TPSA) is 75.6 Å². The van der Waals surface area contributed by atoms with Gasteiger partial charge in [-0.05, 0) is 18.7 Å². The lowest BCUT2D eigenvalue weighted by molar-refractivity contribution is 0.258. The maximum Gasteiger partial charge on any atom is 0.282 e. The van der Waals surface area contributed by atoms with Gasteiger partial charge in [0.25, 0.3) is 5.56 Å². The number of hydrogen-bond donors (Lipinski definition) is 2. The van der Waals surface area contributed by atoms with Crippen LogP contribution >= 0.6 is 17.1 Å². The molecule has 1 heterocycles. The summed E-state index contributed by atoms with van der Waals surface area (Å²) in [6.07, 6.45) is 0. The second-order valence-corrected chi connectivity index (χ2v) is 8.78. The lowest BCUT2D eigenvalue weighted by atomic mass is 10.5. The Labute approximate surface area is 89.6 Å². The van der Waals surface area contributed by atoms with Crippen LogP contribution in [0.4, 0.5) is 0 Å². The minimum atomic E-state index is -3.22. The van der Waals surface area contributed by atoms with Crippen LogP contribution in [0.1, 0.15) is 5.76 Å². The normalized spacial score (nSPS) is 11.9. The molecule has 0 spiro atoms. The van der Waals surface area contributed by atoms with E-state index in [1.54, 1.807) is 6.92 Å². The van der Waals surface area contributed by atoms with Crippen LogP contribution in [0.2, 0.25) is 0 Å². The van der Waals surface area contributed by atoms with Crippen LogP contribution < -0.4 is 5.56 Å². The van der Waals surface area contributed by atoms with Crippen LogP contribution in [0, 0.1) is 6.92 Å². The molecule has 0 saturated carbocycles. The molecule has 1 rings (SSSR count). The van der Waals surface area contributed by atoms with Crippen LogP contribution in [0.25, 0.3) is 0 Å². The quantitative estimate of drug-likeness (QED) is 0.771. The van der Waals surface area contributed by atoms with Crippen LogP contribution in [-0.4, -0.2) is 20.3 Å². The first-order chi connectivity index (χ1) is 6.38. The molecule has 14 heavy (non-hydrogen) atoms. The molecule has 0 aliphatic heterocycles. The third-order valence-corrected chi connectivity index (χ3v) is 4.59. The molecule has 5 nitrogen and oxygen atoms in total. The smallest absolute Gasteiger partial charge is 0.282 e. The van der Waals surface area contributed by atoms with Gasteiger partial charge in [-0.1, -0.05) is 11.4 Å². The molecule has 0 radical (unpaired) electrons. The van der Waals surface area contributed by atoms with Crippen molar-refractivity contribution in [2.24, 2.45) is 0 Å². The first-order valence-electron chi connectivity index (χ1n) is 3.76. The molecule has 0 fully saturated rings. The van der Waals surface area contributed by atoms with Gasteiger partial charge in [0.05, 0.1) is 6.54 Å². The maximum atomic E-state index is 11.1. The number of rotatable bonds is 4. The van der Waals surface area contributed by atoms with E-state index in [0.29, 0.717) is 11.5 Å². The van der Waals surface area contributed by atoms with Gasteiger partial charge in [-0.3, -0.25) is 4.79 Å². The zero-order valence-electron chi connectivity index (χ0n) is 7.41. The SMILES string of the molecule is Cc1cc(=O)n(CCSP(O)(O)=S)o1. The first kappa shape index (κ1) is 12.0. The molecule has 0 aromatic carbocycles. The van der Waals surface area contributed by atoms with Gasteiger partial charge >= 0.3 is 0 Å². The largest absolute Gasteiger partial charge is 0.381 e. The Morgan fingerprint density at radius 1 is 1.71 bits per heavy atom. The fraction of sp³-hybridized carbons (Fsp3) is 0.500. The summed E-state index contributed by atoms with van der Waals surface area (Å²) in [5, 5.41) is 0. The van der Waals surface area contributed by atoms with E-state index < -0.39 is 5.69 Å². The van der Waals surface area contributed by atoms with Crippen molar-refractivity contribution in [1.82, 2.24) is 4.74 Å². The highest BCUT2D eigenvalue weighted by Gasteiger charge is 2.09. The maximum absolute atomic E-state index is 11.1. The fourth-order valence-corrected chi connectivity index (χ4v) is 3.00. The third kappa shape index (κ3) is 3.98. The lowest BCUT2D eigenvalue weighted by Crippen LogP contribution is -2.14. The highest BCUT2D eigenvalue weighted by atomic mass is 32.9. The minimum absolute atomic E-state index is 0.229. The fourth-order valence-electron chi connectivity index (χ4n) is 0.890. The minimum Gasteiger partial charge on any atom is -0.381 e. The molecule has 0 aliphatic rings. The number of nitrogens with zero attached hydrogens (tertiary/aromatic N) is 1. The van der Waals surface area contributed by atoms with Crippen LogP contribution in [-0.2, 0) is 18.4 Å². The molecule has 0 amide bonds. The monoisotopic (exact) mass is 255 g/mol. The Hall–Kier alpha value is -0.0700. The Morgan fingerprint density at radius 2 is 2.36 bits per heavy atom. The van der Waals surface area contributed by atoms with E-state index >= 15 is 0 Å². The van der Waals surface area contributed by atoms with Crippen LogP contribution in [0.3, 0.4) is 0 Å². The van der Waals surface area contributed by atoms with E-state index in [1.165, 1.54) is 6.07 Å². The predicted octanol–water partition coefficient (Wildman–Crippen LogP) is 0.692. The van der Waals surface area contributed by atoms with E-state index in [-0.39, 0.29) is 12.1 Å². The number of aryl methyl sites for hydroxylation is 2. The van der Waals surface area contributed by atoms with Crippen molar-refractivity contribution < 1.29 is 14.3 Å². The molecule has 80 valence electrons. The van der Waals surface area contributed by atoms with E-state index in [2.05, 4.69) is 11.8 Å². The summed E-state index contributed by atoms with van der Waals surface area (Å²) in [4.78, 5) is 28.9. The molecule has 0 atom stereocenters. The molecule has 0 saturated heterocycles. The highest BCUT2D eigenvalue weighted by molar-refractivity contribution is 8.67. The van der Waals surface area contributed by atoms with Gasteiger partial charge in [-0.25, -0.2) is 0 Å². The van der Waals surface area contributed by atoms with E-state index in [9.17, 15) is 4.79 Å². The highest BCUT2D eigenvalue weighted by Crippen LogP contribution is 2.50. The number of hydrogen-bond acceptors (Lipinski definition) is 4. The van der Waals surface area contributed by atoms with Gasteiger partial charge in [0.15, 0.2) is 0 Å². The summed E-state index contributed by atoms with van der Waals surface area (Å²) in [6, 6.07) is 1.37. The molecular weight excluding hydrogens is 245 g/mol. The van der Waals surface area contributed by atoms with Crippen molar-refractivity contribution in [2.45, 2.75) is 13.5 Å². The third-order valence-electron chi connectivity index (χ3n) is 1.38. The second-order valence-electron chi connectivity index (χ2n) is 2.61. The lowest BCUT2D eigenvalue weighted by Gasteiger charge is -2.05. The van der Waals surface area contributed by atoms with Gasteiger partial charge in [-0.15, -0.1) is 0 Å². The molecule has 1 aromatic heterocycles. The van der Waals surface area contributed by atoms with E-state index in [4.69, 9.17) is 14.3 Å². The van der Waals surface area contributed by atoms with Crippen LogP contribution in [0.5, 0.6) is 0 Å². The summed E-state index contributed by atoms with van der Waals surface area (Å²) in [5.74, 6) is 0.879. The van der Waals surface area contributed by atoms with Crippen molar-refractivity contribution >= 4 is 28.9 Å². The zero-order valence-corrected chi connectivity index (χ0v) is 9.94. The summed E-state index contributed by atoms with van der Waals surface area (Å²) in [6.45, 7) is 1.96. The first-order valence-corrected chi connectivity index (χ1v) is 8.06. The van der Waals surface area contributed by atoms with Crippen molar-refractivity contribution in [2.75, 3.05) is 5.75 Å². The Kier molecular flexibility index (Phi) is 3.97. The van der Waals surface area contributed by atoms with Gasteiger partial charge in [0, 0.05) is 11.8 Å². The standard InChI is InChI=1S/C6H10NO4PS2/c1-5-4-6(8)7(11-5)2-3-14-12(9,10)13/h4H,2-3H2,1H3,(H2,9,10,13). The average molecular weight is 255 g/mol. The molecule has 0 aliphatic carbocycles. The van der Waals surface area contributed by atoms with Crippen LogP contribution in [0.15, 0.2) is 15.4 Å². The van der Waals surface area contributed by atoms with Crippen molar-refractivity contribution in [3.63, 3.8) is 0 Å². The molecule has 1 aromatic rings. The summed E-state index contributed by atoms with van der Waals surface area (Å²) in [5.41, 5.74) is -3.45. The summed E-state index contributed by atoms with van der Waals surface area (Å²) >= 11 is 5.27. The van der Waals surface area contributed by atoms with E-state index in [0.717, 1.165) is 16.1 Å². The van der Waals surface area contributed by atoms with Gasteiger partial charge < -0.3 is 14.3 Å². The molecule has 0 unspecified atom stereocenters. The Bertz CT molecular complexity index is 406. The second kappa shape index (κ2) is 4.63. The molecule has 8 heteroatoms. The van der Waals surface area contributed by atoms with Crippen molar-refractivity contribution in [1.29, 1.82) is 0 Å². The molecule has 2 N–H and O–H groups in total. The molecule has 0 bridgehead atoms. The zero-order chi connectivity index (χ0) is 10.8. The van der Waals surface area contributed by atoms with Gasteiger partial charge in [-0.2, -0.15) is 4.74 Å². The van der Waals surface area contributed by atoms with E-state index in [1.807, 2.05) is 0 Å².